The Morgan fingerprint density at radius 2 is 1.94 bits per heavy atom. The Bertz CT molecular complexity index is 827. The molecule has 3 heterocycles. The first-order valence-corrected chi connectivity index (χ1v) is 11.8. The molecule has 1 aromatic heterocycles. The zero-order valence-corrected chi connectivity index (χ0v) is 19.1. The predicted octanol–water partition coefficient (Wildman–Crippen LogP) is 3.10. The molecule has 1 amide bonds. The number of carbonyl (C=O) groups excluding carboxylic acids is 1. The fourth-order valence-corrected chi connectivity index (χ4v) is 5.14. The van der Waals surface area contributed by atoms with Gasteiger partial charge in [-0.1, -0.05) is 30.3 Å². The van der Waals surface area contributed by atoms with E-state index >= 15 is 0 Å². The van der Waals surface area contributed by atoms with Crippen LogP contribution in [0.15, 0.2) is 36.5 Å². The van der Waals surface area contributed by atoms with Gasteiger partial charge in [0.05, 0.1) is 12.5 Å². The molecule has 0 unspecified atom stereocenters. The smallest absolute Gasteiger partial charge is 0.227 e. The second-order valence-electron chi connectivity index (χ2n) is 9.35. The maximum absolute atomic E-state index is 13.1. The van der Waals surface area contributed by atoms with E-state index in [4.69, 9.17) is 0 Å². The molecule has 6 heteroatoms. The minimum absolute atomic E-state index is 0.117. The number of carbonyl (C=O) groups is 1. The Kier molecular flexibility index (Phi) is 7.41. The van der Waals surface area contributed by atoms with Crippen LogP contribution in [0.3, 0.4) is 0 Å². The molecule has 6 nitrogen and oxygen atoms in total. The molecule has 0 radical (unpaired) electrons. The van der Waals surface area contributed by atoms with Crippen molar-refractivity contribution in [3.8, 4) is 0 Å². The fourth-order valence-electron chi connectivity index (χ4n) is 5.14. The highest BCUT2D eigenvalue weighted by molar-refractivity contribution is 5.78. The highest BCUT2D eigenvalue weighted by Gasteiger charge is 2.32. The summed E-state index contributed by atoms with van der Waals surface area (Å²) in [6.45, 7) is 8.09. The standard InChI is InChI=1S/C25H37N5O/c1-20-17-26-24(27-20)19-28(2)25(31)22-9-6-13-30(18-22)23-11-15-29(16-12-23)14-10-21-7-4-3-5-8-21/h3-5,7-8,17,22-23H,6,9-16,18-19H2,1-2H3,(H,26,27)/t22-/m1/s1. The van der Waals surface area contributed by atoms with E-state index in [0.29, 0.717) is 12.6 Å². The lowest BCUT2D eigenvalue weighted by Crippen LogP contribution is -2.51. The molecule has 0 bridgehead atoms. The summed E-state index contributed by atoms with van der Waals surface area (Å²) in [6, 6.07) is 11.4. The van der Waals surface area contributed by atoms with Gasteiger partial charge in [-0.15, -0.1) is 0 Å². The number of nitrogens with zero attached hydrogens (tertiary/aromatic N) is 4. The summed E-state index contributed by atoms with van der Waals surface area (Å²) in [5, 5.41) is 0. The van der Waals surface area contributed by atoms with Gasteiger partial charge < -0.3 is 14.8 Å². The van der Waals surface area contributed by atoms with Crippen LogP contribution >= 0.6 is 0 Å². The fraction of sp³-hybridized carbons (Fsp3) is 0.600. The molecule has 1 aromatic carbocycles. The number of aryl methyl sites for hydroxylation is 1. The van der Waals surface area contributed by atoms with E-state index in [9.17, 15) is 4.79 Å². The molecule has 1 N–H and O–H groups in total. The summed E-state index contributed by atoms with van der Waals surface area (Å²) in [5.74, 6) is 1.24. The van der Waals surface area contributed by atoms with Gasteiger partial charge in [0, 0.05) is 38.1 Å². The molecule has 2 aliphatic rings. The van der Waals surface area contributed by atoms with Crippen molar-refractivity contribution in [2.24, 2.45) is 5.92 Å². The largest absolute Gasteiger partial charge is 0.345 e. The van der Waals surface area contributed by atoms with Gasteiger partial charge in [-0.2, -0.15) is 0 Å². The molecule has 4 rings (SSSR count). The molecule has 168 valence electrons. The van der Waals surface area contributed by atoms with Crippen molar-refractivity contribution < 1.29 is 4.79 Å². The zero-order chi connectivity index (χ0) is 21.6. The lowest BCUT2D eigenvalue weighted by Gasteiger charge is -2.42. The number of imidazole rings is 1. The topological polar surface area (TPSA) is 55.5 Å². The van der Waals surface area contributed by atoms with Crippen LogP contribution in [0, 0.1) is 12.8 Å². The number of likely N-dealkylation sites (tertiary alicyclic amines) is 2. The number of rotatable bonds is 7. The number of nitrogens with one attached hydrogen (secondary N) is 1. The Morgan fingerprint density at radius 3 is 2.65 bits per heavy atom. The van der Waals surface area contributed by atoms with Gasteiger partial charge in [0.15, 0.2) is 0 Å². The lowest BCUT2D eigenvalue weighted by atomic mass is 9.93. The average Bonchev–Trinajstić information content (AvgIpc) is 3.22. The van der Waals surface area contributed by atoms with E-state index in [1.54, 1.807) is 0 Å². The Morgan fingerprint density at radius 1 is 1.16 bits per heavy atom. The van der Waals surface area contributed by atoms with Gasteiger partial charge in [-0.3, -0.25) is 9.69 Å². The first kappa shape index (κ1) is 22.0. The van der Waals surface area contributed by atoms with Crippen LogP contribution in [0.1, 0.15) is 42.8 Å². The van der Waals surface area contributed by atoms with E-state index in [-0.39, 0.29) is 11.8 Å². The molecular weight excluding hydrogens is 386 g/mol. The van der Waals surface area contributed by atoms with Crippen molar-refractivity contribution in [1.29, 1.82) is 0 Å². The van der Waals surface area contributed by atoms with E-state index < -0.39 is 0 Å². The number of H-pyrrole nitrogens is 1. The SMILES string of the molecule is Cc1cnc(CN(C)C(=O)[C@@H]2CCCN(C3CCN(CCc4ccccc4)CC3)C2)[nH]1. The number of benzene rings is 1. The zero-order valence-electron chi connectivity index (χ0n) is 19.1. The molecule has 31 heavy (non-hydrogen) atoms. The molecule has 2 fully saturated rings. The minimum atomic E-state index is 0.117. The van der Waals surface area contributed by atoms with Crippen LogP contribution in [0.4, 0.5) is 0 Å². The van der Waals surface area contributed by atoms with Crippen molar-refractivity contribution in [3.05, 3.63) is 53.6 Å². The summed E-state index contributed by atoms with van der Waals surface area (Å²) < 4.78 is 0. The molecule has 2 saturated heterocycles. The summed E-state index contributed by atoms with van der Waals surface area (Å²) >= 11 is 0. The van der Waals surface area contributed by atoms with Gasteiger partial charge in [-0.25, -0.2) is 4.98 Å². The van der Waals surface area contributed by atoms with Crippen molar-refractivity contribution >= 4 is 5.91 Å². The van der Waals surface area contributed by atoms with Crippen molar-refractivity contribution in [3.63, 3.8) is 0 Å². The van der Waals surface area contributed by atoms with Crippen LogP contribution in [0.2, 0.25) is 0 Å². The van der Waals surface area contributed by atoms with Crippen molar-refractivity contribution in [2.45, 2.75) is 51.6 Å². The molecular formula is C25H37N5O. The van der Waals surface area contributed by atoms with Gasteiger partial charge in [-0.05, 0) is 64.2 Å². The number of aromatic nitrogens is 2. The highest BCUT2D eigenvalue weighted by atomic mass is 16.2. The third-order valence-corrected chi connectivity index (χ3v) is 6.95. The lowest BCUT2D eigenvalue weighted by molar-refractivity contribution is -0.137. The van der Waals surface area contributed by atoms with E-state index in [0.717, 1.165) is 50.4 Å². The summed E-state index contributed by atoms with van der Waals surface area (Å²) in [5.41, 5.74) is 2.46. The molecule has 0 spiro atoms. The van der Waals surface area contributed by atoms with Gasteiger partial charge >= 0.3 is 0 Å². The van der Waals surface area contributed by atoms with E-state index in [2.05, 4.69) is 50.1 Å². The first-order valence-electron chi connectivity index (χ1n) is 11.8. The maximum atomic E-state index is 13.1. The minimum Gasteiger partial charge on any atom is -0.345 e. The third-order valence-electron chi connectivity index (χ3n) is 6.95. The number of aromatic amines is 1. The predicted molar refractivity (Wildman–Crippen MR) is 124 cm³/mol. The van der Waals surface area contributed by atoms with E-state index in [1.807, 2.05) is 25.1 Å². The monoisotopic (exact) mass is 423 g/mol. The molecule has 2 aromatic rings. The van der Waals surface area contributed by atoms with Crippen molar-refractivity contribution in [2.75, 3.05) is 39.8 Å². The van der Waals surface area contributed by atoms with E-state index in [1.165, 1.54) is 31.5 Å². The number of piperidine rings is 2. The number of hydrogen-bond donors (Lipinski definition) is 1. The van der Waals surface area contributed by atoms with Gasteiger partial charge in [0.2, 0.25) is 5.91 Å². The molecule has 0 saturated carbocycles. The number of amides is 1. The Balaban J connectivity index is 1.22. The molecule has 1 atom stereocenters. The normalized spacial score (nSPS) is 21.3. The molecule has 0 aliphatic carbocycles. The van der Waals surface area contributed by atoms with Gasteiger partial charge in [0.25, 0.3) is 0 Å². The second kappa shape index (κ2) is 10.4. The van der Waals surface area contributed by atoms with Crippen molar-refractivity contribution in [1.82, 2.24) is 24.7 Å². The Hall–Kier alpha value is -2.18. The van der Waals surface area contributed by atoms with Crippen LogP contribution in [-0.4, -0.2) is 76.4 Å². The summed E-state index contributed by atoms with van der Waals surface area (Å²) in [7, 11) is 1.91. The second-order valence-corrected chi connectivity index (χ2v) is 9.35. The summed E-state index contributed by atoms with van der Waals surface area (Å²) in [6.07, 6.45) is 7.52. The molecule has 2 aliphatic heterocycles. The quantitative estimate of drug-likeness (QED) is 0.744. The van der Waals surface area contributed by atoms with Crippen LogP contribution in [0.5, 0.6) is 0 Å². The highest BCUT2D eigenvalue weighted by Crippen LogP contribution is 2.25. The first-order chi connectivity index (χ1) is 15.1. The number of hydrogen-bond acceptors (Lipinski definition) is 4. The maximum Gasteiger partial charge on any atom is 0.227 e. The van der Waals surface area contributed by atoms with Crippen LogP contribution in [-0.2, 0) is 17.8 Å². The summed E-state index contributed by atoms with van der Waals surface area (Å²) in [4.78, 5) is 27.7. The Labute approximate surface area is 186 Å². The van der Waals surface area contributed by atoms with Crippen LogP contribution < -0.4 is 0 Å². The third kappa shape index (κ3) is 5.95. The van der Waals surface area contributed by atoms with Crippen LogP contribution in [0.25, 0.3) is 0 Å². The average molecular weight is 424 g/mol. The van der Waals surface area contributed by atoms with Gasteiger partial charge in [0.1, 0.15) is 5.82 Å².